The van der Waals surface area contributed by atoms with Crippen molar-refractivity contribution in [3.63, 3.8) is 0 Å². The van der Waals surface area contributed by atoms with Gasteiger partial charge in [0.15, 0.2) is 0 Å². The molecular formula is C50H34N2. The lowest BCUT2D eigenvalue weighted by atomic mass is 10.0. The fourth-order valence-electron chi connectivity index (χ4n) is 7.77. The van der Waals surface area contributed by atoms with Crippen molar-refractivity contribution >= 4 is 60.4 Å². The van der Waals surface area contributed by atoms with Crippen LogP contribution in [-0.2, 0) is 0 Å². The van der Waals surface area contributed by atoms with Crippen LogP contribution in [0.15, 0.2) is 206 Å². The molecule has 2 nitrogen and oxygen atoms in total. The Kier molecular flexibility index (Phi) is 7.18. The fourth-order valence-corrected chi connectivity index (χ4v) is 7.77. The van der Waals surface area contributed by atoms with E-state index in [9.17, 15) is 0 Å². The number of fused-ring (bicyclic) bond motifs is 5. The predicted octanol–water partition coefficient (Wildman–Crippen LogP) is 13.9. The molecule has 0 aliphatic heterocycles. The molecule has 0 radical (unpaired) electrons. The van der Waals surface area contributed by atoms with Crippen molar-refractivity contribution in [2.45, 2.75) is 0 Å². The maximum atomic E-state index is 2.39. The van der Waals surface area contributed by atoms with Gasteiger partial charge in [-0.3, -0.25) is 0 Å². The third-order valence-corrected chi connectivity index (χ3v) is 10.3. The van der Waals surface area contributed by atoms with E-state index in [2.05, 4.69) is 216 Å². The van der Waals surface area contributed by atoms with Gasteiger partial charge in [-0.15, -0.1) is 0 Å². The molecule has 1 aromatic heterocycles. The van der Waals surface area contributed by atoms with Gasteiger partial charge in [-0.2, -0.15) is 0 Å². The second-order valence-corrected chi connectivity index (χ2v) is 13.4. The molecule has 0 spiro atoms. The molecule has 0 amide bonds. The Labute approximate surface area is 303 Å². The van der Waals surface area contributed by atoms with Crippen LogP contribution in [0.5, 0.6) is 0 Å². The van der Waals surface area contributed by atoms with E-state index in [1.807, 2.05) is 0 Å². The Morgan fingerprint density at radius 1 is 0.288 bits per heavy atom. The van der Waals surface area contributed by atoms with Gasteiger partial charge in [0.05, 0.1) is 11.0 Å². The van der Waals surface area contributed by atoms with Gasteiger partial charge in [0, 0.05) is 33.5 Å². The molecule has 244 valence electrons. The SMILES string of the molecule is c1ccc(-c2ccc(N(c3ccc(-c4ccccc4)cc3)c3ccc4cc5cc(-n6c7ccccc7c7ccccc76)ccc5cc4c3)cc2)cc1. The van der Waals surface area contributed by atoms with Crippen LogP contribution in [-0.4, -0.2) is 4.57 Å². The standard InChI is InChI=1S/C50H34N2/c1-3-11-35(12-4-1)37-19-25-43(26-20-37)51(44-27-21-38(22-28-44)36-13-5-2-6-14-36)45-29-23-39-32-42-34-46(30-24-40(42)31-41(39)33-45)52-49-17-9-7-15-47(49)48-16-8-10-18-50(48)52/h1-34H. The molecule has 0 saturated heterocycles. The lowest BCUT2D eigenvalue weighted by Crippen LogP contribution is -2.09. The zero-order valence-electron chi connectivity index (χ0n) is 28.5. The monoisotopic (exact) mass is 662 g/mol. The molecule has 0 unspecified atom stereocenters. The molecular weight excluding hydrogens is 629 g/mol. The predicted molar refractivity (Wildman–Crippen MR) is 221 cm³/mol. The number of nitrogens with zero attached hydrogens (tertiary/aromatic N) is 2. The third-order valence-electron chi connectivity index (χ3n) is 10.3. The van der Waals surface area contributed by atoms with E-state index in [1.54, 1.807) is 0 Å². The first-order chi connectivity index (χ1) is 25.8. The van der Waals surface area contributed by atoms with Crippen molar-refractivity contribution in [2.75, 3.05) is 4.90 Å². The largest absolute Gasteiger partial charge is 0.310 e. The molecule has 52 heavy (non-hydrogen) atoms. The smallest absolute Gasteiger partial charge is 0.0541 e. The normalized spacial score (nSPS) is 11.5. The van der Waals surface area contributed by atoms with E-state index in [-0.39, 0.29) is 0 Å². The summed E-state index contributed by atoms with van der Waals surface area (Å²) in [4.78, 5) is 2.36. The number of hydrogen-bond donors (Lipinski definition) is 0. The van der Waals surface area contributed by atoms with Gasteiger partial charge in [-0.1, -0.05) is 133 Å². The molecule has 0 fully saturated rings. The summed E-state index contributed by atoms with van der Waals surface area (Å²) < 4.78 is 2.39. The summed E-state index contributed by atoms with van der Waals surface area (Å²) >= 11 is 0. The minimum atomic E-state index is 1.11. The molecule has 0 N–H and O–H groups in total. The molecule has 1 heterocycles. The van der Waals surface area contributed by atoms with Gasteiger partial charge in [-0.25, -0.2) is 0 Å². The first kappa shape index (κ1) is 30.0. The maximum Gasteiger partial charge on any atom is 0.0541 e. The summed E-state index contributed by atoms with van der Waals surface area (Å²) in [5.41, 5.74) is 11.8. The summed E-state index contributed by atoms with van der Waals surface area (Å²) in [5, 5.41) is 7.43. The first-order valence-electron chi connectivity index (χ1n) is 17.8. The van der Waals surface area contributed by atoms with Crippen LogP contribution in [0.1, 0.15) is 0 Å². The Morgan fingerprint density at radius 2 is 0.712 bits per heavy atom. The number of benzene rings is 9. The van der Waals surface area contributed by atoms with Crippen molar-refractivity contribution in [3.8, 4) is 27.9 Å². The molecule has 0 aliphatic carbocycles. The molecule has 10 rings (SSSR count). The third kappa shape index (κ3) is 5.21. The van der Waals surface area contributed by atoms with Crippen LogP contribution in [0, 0.1) is 0 Å². The molecule has 2 heteroatoms. The highest BCUT2D eigenvalue weighted by Gasteiger charge is 2.16. The molecule has 10 aromatic rings. The van der Waals surface area contributed by atoms with Crippen molar-refractivity contribution in [1.29, 1.82) is 0 Å². The van der Waals surface area contributed by atoms with E-state index < -0.39 is 0 Å². The zero-order chi connectivity index (χ0) is 34.4. The second-order valence-electron chi connectivity index (χ2n) is 13.4. The molecule has 0 saturated carbocycles. The van der Waals surface area contributed by atoms with Gasteiger partial charge in [0.1, 0.15) is 0 Å². The first-order valence-corrected chi connectivity index (χ1v) is 17.8. The molecule has 0 atom stereocenters. The number of aromatic nitrogens is 1. The van der Waals surface area contributed by atoms with Crippen molar-refractivity contribution in [2.24, 2.45) is 0 Å². The summed E-state index contributed by atoms with van der Waals surface area (Å²) in [6.45, 7) is 0. The maximum absolute atomic E-state index is 2.39. The van der Waals surface area contributed by atoms with Crippen LogP contribution in [0.3, 0.4) is 0 Å². The Morgan fingerprint density at radius 3 is 1.25 bits per heavy atom. The van der Waals surface area contributed by atoms with E-state index in [1.165, 1.54) is 71.3 Å². The number of hydrogen-bond acceptors (Lipinski definition) is 1. The van der Waals surface area contributed by atoms with E-state index >= 15 is 0 Å². The Hall–Kier alpha value is -6.90. The minimum Gasteiger partial charge on any atom is -0.310 e. The van der Waals surface area contributed by atoms with Crippen LogP contribution in [0.2, 0.25) is 0 Å². The van der Waals surface area contributed by atoms with Crippen molar-refractivity contribution < 1.29 is 0 Å². The van der Waals surface area contributed by atoms with Gasteiger partial charge < -0.3 is 9.47 Å². The molecule has 0 bridgehead atoms. The second kappa shape index (κ2) is 12.5. The highest BCUT2D eigenvalue weighted by molar-refractivity contribution is 6.09. The molecule has 0 aliphatic rings. The van der Waals surface area contributed by atoms with Crippen LogP contribution >= 0.6 is 0 Å². The van der Waals surface area contributed by atoms with Gasteiger partial charge in [0.2, 0.25) is 0 Å². The quantitative estimate of drug-likeness (QED) is 0.161. The average Bonchev–Trinajstić information content (AvgIpc) is 3.55. The van der Waals surface area contributed by atoms with Gasteiger partial charge in [-0.05, 0) is 117 Å². The minimum absolute atomic E-state index is 1.11. The summed E-state index contributed by atoms with van der Waals surface area (Å²) in [7, 11) is 0. The van der Waals surface area contributed by atoms with E-state index in [4.69, 9.17) is 0 Å². The lowest BCUT2D eigenvalue weighted by molar-refractivity contribution is 1.19. The Bertz CT molecular complexity index is 2730. The van der Waals surface area contributed by atoms with Gasteiger partial charge in [0.25, 0.3) is 0 Å². The van der Waals surface area contributed by atoms with Crippen LogP contribution in [0.4, 0.5) is 17.1 Å². The van der Waals surface area contributed by atoms with Crippen molar-refractivity contribution in [3.05, 3.63) is 206 Å². The highest BCUT2D eigenvalue weighted by Crippen LogP contribution is 2.39. The van der Waals surface area contributed by atoms with Crippen LogP contribution < -0.4 is 4.90 Å². The summed E-state index contributed by atoms with van der Waals surface area (Å²) in [6.07, 6.45) is 0. The summed E-state index contributed by atoms with van der Waals surface area (Å²) in [5.74, 6) is 0. The fraction of sp³-hybridized carbons (Fsp3) is 0. The van der Waals surface area contributed by atoms with E-state index in [0.717, 1.165) is 17.1 Å². The lowest BCUT2D eigenvalue weighted by Gasteiger charge is -2.26. The average molecular weight is 663 g/mol. The number of anilines is 3. The highest BCUT2D eigenvalue weighted by atomic mass is 15.1. The summed E-state index contributed by atoms with van der Waals surface area (Å²) in [6, 6.07) is 74.7. The topological polar surface area (TPSA) is 8.17 Å². The number of para-hydroxylation sites is 2. The van der Waals surface area contributed by atoms with Gasteiger partial charge >= 0.3 is 0 Å². The van der Waals surface area contributed by atoms with Crippen LogP contribution in [0.25, 0.3) is 71.3 Å². The number of rotatable bonds is 6. The Balaban J connectivity index is 1.07. The zero-order valence-corrected chi connectivity index (χ0v) is 28.5. The van der Waals surface area contributed by atoms with E-state index in [0.29, 0.717) is 0 Å². The molecule has 9 aromatic carbocycles. The van der Waals surface area contributed by atoms with Crippen molar-refractivity contribution in [1.82, 2.24) is 4.57 Å².